The average Bonchev–Trinajstić information content (AvgIpc) is 4.12. The molecule has 0 atom stereocenters. The van der Waals surface area contributed by atoms with Crippen LogP contribution < -0.4 is 0 Å². The van der Waals surface area contributed by atoms with Crippen molar-refractivity contribution in [1.82, 2.24) is 23.3 Å². The van der Waals surface area contributed by atoms with Gasteiger partial charge in [-0.15, -0.1) is 0 Å². The molecule has 0 radical (unpaired) electrons. The molecule has 5 nitrogen and oxygen atoms in total. The number of nitrogens with zero attached hydrogens (tertiary/aromatic N) is 5. The summed E-state index contributed by atoms with van der Waals surface area (Å²) in [6.07, 6.45) is 0. The number of aromatic nitrogens is 5. The molecule has 0 fully saturated rings. The fourth-order valence-electron chi connectivity index (χ4n) is 11.9. The Balaban J connectivity index is 1.13. The molecule has 0 unspecified atom stereocenters. The molecule has 0 saturated carbocycles. The number of para-hydroxylation sites is 2. The second-order valence-corrected chi connectivity index (χ2v) is 21.0. The maximum absolute atomic E-state index is 5.93. The lowest BCUT2D eigenvalue weighted by molar-refractivity contribution is 0.591. The molecule has 0 spiro atoms. The van der Waals surface area contributed by atoms with Crippen LogP contribution in [0.2, 0.25) is 0 Å². The number of fused-ring (bicyclic) bond motifs is 19. The van der Waals surface area contributed by atoms with Crippen molar-refractivity contribution >= 4 is 120 Å². The van der Waals surface area contributed by atoms with Gasteiger partial charge in [0, 0.05) is 54.3 Å². The largest absolute Gasteiger partial charge is 0.309 e. The third-order valence-electron chi connectivity index (χ3n) is 15.1. The average molecular weight is 860 g/mol. The number of hydrogen-bond donors (Lipinski definition) is 0. The molecule has 15 aromatic rings. The van der Waals surface area contributed by atoms with Crippen LogP contribution in [-0.4, -0.2) is 23.3 Å². The van der Waals surface area contributed by atoms with Crippen molar-refractivity contribution in [3.05, 3.63) is 175 Å². The van der Waals surface area contributed by atoms with Crippen molar-refractivity contribution < 1.29 is 0 Å². The van der Waals surface area contributed by atoms with Crippen molar-refractivity contribution in [2.75, 3.05) is 0 Å². The van der Waals surface area contributed by atoms with E-state index >= 15 is 0 Å². The molecule has 0 saturated heterocycles. The molecule has 0 aliphatic rings. The molecule has 0 N–H and O–H groups in total. The van der Waals surface area contributed by atoms with Gasteiger partial charge in [-0.25, -0.2) is 9.97 Å². The first-order valence-electron chi connectivity index (χ1n) is 23.6. The van der Waals surface area contributed by atoms with E-state index in [0.717, 1.165) is 38.8 Å². The Morgan fingerprint density at radius 3 is 1.75 bits per heavy atom. The van der Waals surface area contributed by atoms with E-state index in [1.807, 2.05) is 0 Å². The minimum Gasteiger partial charge on any atom is -0.309 e. The Hall–Kier alpha value is -8.02. The molecule has 0 amide bonds. The van der Waals surface area contributed by atoms with E-state index in [1.54, 1.807) is 0 Å². The van der Waals surface area contributed by atoms with Gasteiger partial charge in [-0.05, 0) is 116 Å². The summed E-state index contributed by atoms with van der Waals surface area (Å²) in [6.45, 7) is 13.9. The van der Waals surface area contributed by atoms with Gasteiger partial charge in [-0.1, -0.05) is 139 Å². The highest BCUT2D eigenvalue weighted by Gasteiger charge is 2.30. The third kappa shape index (κ3) is 4.78. The SMILES string of the molecule is CC(C)(C)c1ccc2c(c1)c1cc3ccccc3c3c4nc5c(nc4n2c13)c1cc(C(C)(C)C)cc2c3c4ccccc4cc(-c4ccc6c(c4)c4ccccc4n6-c4ccccc4)c3n5c12. The van der Waals surface area contributed by atoms with Crippen molar-refractivity contribution in [3.63, 3.8) is 0 Å². The highest BCUT2D eigenvalue weighted by atomic mass is 15.1. The molecule has 67 heavy (non-hydrogen) atoms. The molecule has 0 aliphatic heterocycles. The Kier molecular flexibility index (Phi) is 6.92. The van der Waals surface area contributed by atoms with Crippen LogP contribution in [0, 0.1) is 0 Å². The Bertz CT molecular complexity index is 4620. The van der Waals surface area contributed by atoms with Gasteiger partial charge < -0.3 is 4.57 Å². The van der Waals surface area contributed by atoms with Crippen LogP contribution in [-0.2, 0) is 10.8 Å². The summed E-state index contributed by atoms with van der Waals surface area (Å²) in [4.78, 5) is 11.8. The first-order valence-corrected chi connectivity index (χ1v) is 23.6. The molecular weight excluding hydrogens is 815 g/mol. The second kappa shape index (κ2) is 12.4. The first-order chi connectivity index (χ1) is 32.5. The quantitative estimate of drug-likeness (QED) is 0.174. The van der Waals surface area contributed by atoms with E-state index in [1.165, 1.54) is 109 Å². The summed E-state index contributed by atoms with van der Waals surface area (Å²) >= 11 is 0. The van der Waals surface area contributed by atoms with Crippen molar-refractivity contribution in [3.8, 4) is 16.8 Å². The summed E-state index contributed by atoms with van der Waals surface area (Å²) in [5.74, 6) is 0. The van der Waals surface area contributed by atoms with Crippen LogP contribution in [0.1, 0.15) is 52.7 Å². The van der Waals surface area contributed by atoms with Crippen molar-refractivity contribution in [1.29, 1.82) is 0 Å². The molecular formula is C62H45N5. The minimum absolute atomic E-state index is 0.0155. The summed E-state index contributed by atoms with van der Waals surface area (Å²) in [6, 6.07) is 61.1. The van der Waals surface area contributed by atoms with Gasteiger partial charge in [0.05, 0.1) is 33.1 Å². The molecule has 6 aromatic heterocycles. The van der Waals surface area contributed by atoms with E-state index in [2.05, 4.69) is 219 Å². The lowest BCUT2D eigenvalue weighted by atomic mass is 9.85. The van der Waals surface area contributed by atoms with Gasteiger partial charge in [0.2, 0.25) is 0 Å². The fourth-order valence-corrected chi connectivity index (χ4v) is 11.9. The van der Waals surface area contributed by atoms with Gasteiger partial charge in [-0.3, -0.25) is 8.80 Å². The molecule has 0 bridgehead atoms. The predicted molar refractivity (Wildman–Crippen MR) is 284 cm³/mol. The minimum atomic E-state index is -0.111. The van der Waals surface area contributed by atoms with E-state index in [9.17, 15) is 0 Å². The van der Waals surface area contributed by atoms with Gasteiger partial charge in [-0.2, -0.15) is 0 Å². The summed E-state index contributed by atoms with van der Waals surface area (Å²) in [7, 11) is 0. The number of benzene rings is 9. The van der Waals surface area contributed by atoms with E-state index in [-0.39, 0.29) is 10.8 Å². The van der Waals surface area contributed by atoms with Crippen LogP contribution in [0.3, 0.4) is 0 Å². The summed E-state index contributed by atoms with van der Waals surface area (Å²) in [5.41, 5.74) is 16.8. The zero-order chi connectivity index (χ0) is 44.8. The Morgan fingerprint density at radius 2 is 0.970 bits per heavy atom. The molecule has 15 rings (SSSR count). The van der Waals surface area contributed by atoms with Gasteiger partial charge in [0.25, 0.3) is 0 Å². The van der Waals surface area contributed by atoms with E-state index in [0.29, 0.717) is 0 Å². The van der Waals surface area contributed by atoms with Gasteiger partial charge in [0.1, 0.15) is 11.0 Å². The van der Waals surface area contributed by atoms with Crippen LogP contribution in [0.15, 0.2) is 164 Å². The van der Waals surface area contributed by atoms with Crippen LogP contribution >= 0.6 is 0 Å². The summed E-state index contributed by atoms with van der Waals surface area (Å²) in [5, 5.41) is 14.7. The number of hydrogen-bond acceptors (Lipinski definition) is 2. The first kappa shape index (κ1) is 37.2. The Labute approximate surface area is 385 Å². The second-order valence-electron chi connectivity index (χ2n) is 21.0. The van der Waals surface area contributed by atoms with Crippen LogP contribution in [0.5, 0.6) is 0 Å². The van der Waals surface area contributed by atoms with Crippen molar-refractivity contribution in [2.24, 2.45) is 0 Å². The smallest absolute Gasteiger partial charge is 0.165 e. The maximum atomic E-state index is 5.93. The molecule has 5 heteroatoms. The van der Waals surface area contributed by atoms with Crippen LogP contribution in [0.25, 0.3) is 137 Å². The number of rotatable bonds is 2. The predicted octanol–water partition coefficient (Wildman–Crippen LogP) is 16.4. The lowest BCUT2D eigenvalue weighted by Crippen LogP contribution is -2.10. The van der Waals surface area contributed by atoms with Gasteiger partial charge >= 0.3 is 0 Å². The molecule has 318 valence electrons. The normalized spacial score (nSPS) is 13.2. The van der Waals surface area contributed by atoms with E-state index < -0.39 is 0 Å². The van der Waals surface area contributed by atoms with Crippen LogP contribution in [0.4, 0.5) is 0 Å². The van der Waals surface area contributed by atoms with Gasteiger partial charge in [0.15, 0.2) is 11.3 Å². The topological polar surface area (TPSA) is 39.5 Å². The molecule has 6 heterocycles. The molecule has 9 aromatic carbocycles. The Morgan fingerprint density at radius 1 is 0.373 bits per heavy atom. The highest BCUT2D eigenvalue weighted by Crippen LogP contribution is 2.49. The molecule has 0 aliphatic carbocycles. The monoisotopic (exact) mass is 859 g/mol. The fraction of sp³-hybridized carbons (Fsp3) is 0.129. The third-order valence-corrected chi connectivity index (χ3v) is 15.1. The zero-order valence-corrected chi connectivity index (χ0v) is 38.3. The maximum Gasteiger partial charge on any atom is 0.165 e. The van der Waals surface area contributed by atoms with Crippen molar-refractivity contribution in [2.45, 2.75) is 52.4 Å². The zero-order valence-electron chi connectivity index (χ0n) is 38.3. The standard InChI is InChI=1S/C62H45N5/c1-61(2,3)37-25-27-51-45(31-37)46-30-35-17-11-13-21-41(35)53-55-60(66(51)58(46)53)63-54-48-33-38(62(4,5)6)32-47-52-40-20-12-10-16-34(40)28-43(57(52)67(56(47)48)59(54)64-55)36-24-26-50-44(29-36)42-22-14-15-23-49(42)65(50)39-18-8-7-9-19-39/h7-33H,1-6H3. The van der Waals surface area contributed by atoms with E-state index in [4.69, 9.17) is 9.97 Å². The lowest BCUT2D eigenvalue weighted by Gasteiger charge is -2.19. The summed E-state index contributed by atoms with van der Waals surface area (Å²) < 4.78 is 7.30. The highest BCUT2D eigenvalue weighted by molar-refractivity contribution is 6.33.